The van der Waals surface area contributed by atoms with Gasteiger partial charge in [-0.05, 0) is 40.0 Å². The van der Waals surface area contributed by atoms with Gasteiger partial charge in [-0.15, -0.1) is 0 Å². The summed E-state index contributed by atoms with van der Waals surface area (Å²) in [5.41, 5.74) is 6.95. The zero-order valence-corrected chi connectivity index (χ0v) is 9.85. The minimum Gasteiger partial charge on any atom is -0.324 e. The van der Waals surface area contributed by atoms with E-state index in [4.69, 9.17) is 5.73 Å². The van der Waals surface area contributed by atoms with Gasteiger partial charge in [0.1, 0.15) is 5.82 Å². The second-order valence-corrected chi connectivity index (χ2v) is 4.28. The van der Waals surface area contributed by atoms with Crippen molar-refractivity contribution in [2.75, 3.05) is 0 Å². The van der Waals surface area contributed by atoms with Crippen molar-refractivity contribution in [1.82, 2.24) is 0 Å². The van der Waals surface area contributed by atoms with Crippen LogP contribution in [0.1, 0.15) is 37.8 Å². The maximum atomic E-state index is 12.9. The molecule has 1 rings (SSSR count). The molecule has 0 unspecified atom stereocenters. The van der Waals surface area contributed by atoms with Gasteiger partial charge in [-0.1, -0.05) is 25.8 Å². The van der Waals surface area contributed by atoms with Gasteiger partial charge in [-0.3, -0.25) is 0 Å². The van der Waals surface area contributed by atoms with Gasteiger partial charge in [0.15, 0.2) is 0 Å². The molecule has 2 N–H and O–H groups in total. The number of unbranched alkanes of at least 4 members (excludes halogenated alkanes) is 1. The van der Waals surface area contributed by atoms with Crippen LogP contribution in [0.25, 0.3) is 0 Å². The number of hydrogen-bond donors (Lipinski definition) is 1. The van der Waals surface area contributed by atoms with Crippen LogP contribution >= 0.6 is 15.9 Å². The van der Waals surface area contributed by atoms with E-state index in [1.165, 1.54) is 6.07 Å². The first-order valence-electron chi connectivity index (χ1n) is 4.85. The van der Waals surface area contributed by atoms with Crippen LogP contribution < -0.4 is 5.73 Å². The van der Waals surface area contributed by atoms with Gasteiger partial charge in [0, 0.05) is 6.04 Å². The Morgan fingerprint density at radius 3 is 2.79 bits per heavy atom. The molecule has 1 atom stereocenters. The Hall–Kier alpha value is -0.410. The molecule has 0 saturated carbocycles. The molecule has 0 radical (unpaired) electrons. The Morgan fingerprint density at radius 2 is 2.21 bits per heavy atom. The van der Waals surface area contributed by atoms with Crippen LogP contribution in [-0.2, 0) is 0 Å². The van der Waals surface area contributed by atoms with Gasteiger partial charge in [0.05, 0.1) is 4.47 Å². The van der Waals surface area contributed by atoms with Crippen LogP contribution in [0.4, 0.5) is 4.39 Å². The molecule has 0 heterocycles. The first-order chi connectivity index (χ1) is 6.65. The van der Waals surface area contributed by atoms with E-state index in [0.29, 0.717) is 4.47 Å². The molecule has 0 aliphatic rings. The third-order valence-corrected chi connectivity index (χ3v) is 2.85. The third kappa shape index (κ3) is 3.07. The van der Waals surface area contributed by atoms with E-state index in [1.807, 2.05) is 0 Å². The molecule has 14 heavy (non-hydrogen) atoms. The van der Waals surface area contributed by atoms with Crippen molar-refractivity contribution in [3.8, 4) is 0 Å². The van der Waals surface area contributed by atoms with Crippen LogP contribution in [-0.4, -0.2) is 0 Å². The van der Waals surface area contributed by atoms with Gasteiger partial charge in [-0.25, -0.2) is 4.39 Å². The molecule has 1 aromatic carbocycles. The van der Waals surface area contributed by atoms with Gasteiger partial charge < -0.3 is 5.73 Å². The molecule has 0 fully saturated rings. The Balaban J connectivity index is 2.70. The fourth-order valence-corrected chi connectivity index (χ4v) is 1.73. The predicted molar refractivity (Wildman–Crippen MR) is 60.6 cm³/mol. The molecular formula is C11H15BrFN. The summed E-state index contributed by atoms with van der Waals surface area (Å²) in [6.45, 7) is 2.13. The van der Waals surface area contributed by atoms with E-state index in [9.17, 15) is 4.39 Å². The summed E-state index contributed by atoms with van der Waals surface area (Å²) in [4.78, 5) is 0. The van der Waals surface area contributed by atoms with Gasteiger partial charge in [-0.2, -0.15) is 0 Å². The molecule has 0 aliphatic carbocycles. The third-order valence-electron chi connectivity index (χ3n) is 2.24. The monoisotopic (exact) mass is 259 g/mol. The molecule has 0 amide bonds. The fourth-order valence-electron chi connectivity index (χ4n) is 1.33. The van der Waals surface area contributed by atoms with E-state index >= 15 is 0 Å². The highest BCUT2D eigenvalue weighted by Gasteiger charge is 2.07. The van der Waals surface area contributed by atoms with Crippen molar-refractivity contribution < 1.29 is 4.39 Å². The Morgan fingerprint density at radius 1 is 1.50 bits per heavy atom. The summed E-state index contributed by atoms with van der Waals surface area (Å²) in [7, 11) is 0. The number of hydrogen-bond acceptors (Lipinski definition) is 1. The number of halogens is 2. The largest absolute Gasteiger partial charge is 0.324 e. The predicted octanol–water partition coefficient (Wildman–Crippen LogP) is 3.78. The zero-order chi connectivity index (χ0) is 10.6. The lowest BCUT2D eigenvalue weighted by Gasteiger charge is -2.11. The van der Waals surface area contributed by atoms with E-state index in [-0.39, 0.29) is 11.9 Å². The molecule has 1 aromatic rings. The zero-order valence-electron chi connectivity index (χ0n) is 8.26. The molecule has 0 spiro atoms. The molecule has 0 saturated heterocycles. The van der Waals surface area contributed by atoms with E-state index in [0.717, 1.165) is 24.8 Å². The molecule has 0 aromatic heterocycles. The topological polar surface area (TPSA) is 26.0 Å². The lowest BCUT2D eigenvalue weighted by Crippen LogP contribution is -2.10. The van der Waals surface area contributed by atoms with Gasteiger partial charge >= 0.3 is 0 Å². The van der Waals surface area contributed by atoms with Crippen LogP contribution in [0.15, 0.2) is 22.7 Å². The second kappa shape index (κ2) is 5.47. The van der Waals surface area contributed by atoms with Crippen molar-refractivity contribution in [3.63, 3.8) is 0 Å². The number of rotatable bonds is 4. The average Bonchev–Trinajstić information content (AvgIpc) is 2.18. The van der Waals surface area contributed by atoms with Crippen LogP contribution in [0, 0.1) is 5.82 Å². The quantitative estimate of drug-likeness (QED) is 0.875. The normalized spacial score (nSPS) is 12.9. The molecule has 0 aliphatic heterocycles. The lowest BCUT2D eigenvalue weighted by atomic mass is 10.0. The molecule has 78 valence electrons. The van der Waals surface area contributed by atoms with Crippen LogP contribution in [0.5, 0.6) is 0 Å². The van der Waals surface area contributed by atoms with E-state index in [1.54, 1.807) is 12.1 Å². The minimum absolute atomic E-state index is 0.0202. The van der Waals surface area contributed by atoms with Crippen molar-refractivity contribution in [1.29, 1.82) is 0 Å². The summed E-state index contributed by atoms with van der Waals surface area (Å²) in [6.07, 6.45) is 3.20. The van der Waals surface area contributed by atoms with Crippen molar-refractivity contribution in [2.45, 2.75) is 32.2 Å². The second-order valence-electron chi connectivity index (χ2n) is 3.42. The summed E-state index contributed by atoms with van der Waals surface area (Å²) >= 11 is 3.15. The maximum Gasteiger partial charge on any atom is 0.137 e. The van der Waals surface area contributed by atoms with E-state index in [2.05, 4.69) is 22.9 Å². The maximum absolute atomic E-state index is 12.9. The highest BCUT2D eigenvalue weighted by atomic mass is 79.9. The highest BCUT2D eigenvalue weighted by molar-refractivity contribution is 9.10. The SMILES string of the molecule is CCCC[C@H](N)c1ccc(F)c(Br)c1. The van der Waals surface area contributed by atoms with Crippen molar-refractivity contribution in [2.24, 2.45) is 5.73 Å². The Labute approximate surface area is 92.6 Å². The van der Waals surface area contributed by atoms with Crippen molar-refractivity contribution >= 4 is 15.9 Å². The lowest BCUT2D eigenvalue weighted by molar-refractivity contribution is 0.594. The van der Waals surface area contributed by atoms with E-state index < -0.39 is 0 Å². The number of nitrogens with two attached hydrogens (primary N) is 1. The van der Waals surface area contributed by atoms with Gasteiger partial charge in [0.2, 0.25) is 0 Å². The smallest absolute Gasteiger partial charge is 0.137 e. The first-order valence-corrected chi connectivity index (χ1v) is 5.65. The standard InChI is InChI=1S/C11H15BrFN/c1-2-3-4-11(14)8-5-6-10(13)9(12)7-8/h5-7,11H,2-4,14H2,1H3/t11-/m0/s1. The fraction of sp³-hybridized carbons (Fsp3) is 0.455. The van der Waals surface area contributed by atoms with Crippen LogP contribution in [0.2, 0.25) is 0 Å². The number of benzene rings is 1. The molecular weight excluding hydrogens is 245 g/mol. The van der Waals surface area contributed by atoms with Crippen molar-refractivity contribution in [3.05, 3.63) is 34.1 Å². The summed E-state index contributed by atoms with van der Waals surface area (Å²) in [5.74, 6) is -0.239. The van der Waals surface area contributed by atoms with Crippen LogP contribution in [0.3, 0.4) is 0 Å². The summed E-state index contributed by atoms with van der Waals surface area (Å²) in [6, 6.07) is 4.98. The highest BCUT2D eigenvalue weighted by Crippen LogP contribution is 2.22. The molecule has 1 nitrogen and oxygen atoms in total. The minimum atomic E-state index is -0.239. The first kappa shape index (κ1) is 11.7. The summed E-state index contributed by atoms with van der Waals surface area (Å²) < 4.78 is 13.4. The Kier molecular flexibility index (Phi) is 4.55. The summed E-state index contributed by atoms with van der Waals surface area (Å²) in [5, 5.41) is 0. The molecule has 3 heteroatoms. The van der Waals surface area contributed by atoms with Gasteiger partial charge in [0.25, 0.3) is 0 Å². The average molecular weight is 260 g/mol. The molecule has 0 bridgehead atoms. The Bertz CT molecular complexity index is 301.